The third kappa shape index (κ3) is 2.68. The quantitative estimate of drug-likeness (QED) is 0.876. The zero-order valence-electron chi connectivity index (χ0n) is 12.3. The molecule has 8 heteroatoms. The molecule has 2 rings (SSSR count). The Balaban J connectivity index is 2.58. The monoisotopic (exact) mass is 356 g/mol. The highest BCUT2D eigenvalue weighted by Crippen LogP contribution is 2.43. The molecule has 0 aliphatic carbocycles. The number of nitrogens with two attached hydrogens (primary N) is 1. The fourth-order valence-corrected chi connectivity index (χ4v) is 2.76. The van der Waals surface area contributed by atoms with Gasteiger partial charge in [0, 0.05) is 12.6 Å². The van der Waals surface area contributed by atoms with Crippen molar-refractivity contribution >= 4 is 15.9 Å². The molecular formula is C13H17BrN4O3. The average Bonchev–Trinajstić information content (AvgIpc) is 2.83. The minimum absolute atomic E-state index is 0.478. The topological polar surface area (TPSA) is 84.4 Å². The molecule has 21 heavy (non-hydrogen) atoms. The molecule has 1 unspecified atom stereocenters. The Morgan fingerprint density at radius 3 is 2.29 bits per heavy atom. The first-order chi connectivity index (χ1) is 10.0. The van der Waals surface area contributed by atoms with Crippen LogP contribution in [0.25, 0.3) is 0 Å². The summed E-state index contributed by atoms with van der Waals surface area (Å²) < 4.78 is 18.3. The van der Waals surface area contributed by atoms with Gasteiger partial charge in [0.1, 0.15) is 0 Å². The lowest BCUT2D eigenvalue weighted by Gasteiger charge is -2.19. The molecular weight excluding hydrogens is 340 g/mol. The summed E-state index contributed by atoms with van der Waals surface area (Å²) in [5.41, 5.74) is 7.83. The fourth-order valence-electron chi connectivity index (χ4n) is 2.19. The Hall–Kier alpha value is -1.80. The smallest absolute Gasteiger partial charge is 0.203 e. The normalized spacial score (nSPS) is 12.1. The number of methoxy groups -OCH3 is 3. The van der Waals surface area contributed by atoms with E-state index in [0.717, 1.165) is 11.3 Å². The van der Waals surface area contributed by atoms with Crippen molar-refractivity contribution in [2.24, 2.45) is 12.8 Å². The van der Waals surface area contributed by atoms with E-state index in [1.807, 2.05) is 6.07 Å². The van der Waals surface area contributed by atoms with Crippen molar-refractivity contribution in [3.8, 4) is 17.2 Å². The second-order valence-corrected chi connectivity index (χ2v) is 5.04. The van der Waals surface area contributed by atoms with Crippen LogP contribution in [0.5, 0.6) is 17.2 Å². The van der Waals surface area contributed by atoms with E-state index in [9.17, 15) is 0 Å². The lowest BCUT2D eigenvalue weighted by molar-refractivity contribution is 0.321. The summed E-state index contributed by atoms with van der Waals surface area (Å²) in [7, 11) is 6.46. The number of aryl methyl sites for hydroxylation is 1. The Labute approximate surface area is 131 Å². The molecule has 114 valence electrons. The molecule has 0 bridgehead atoms. The van der Waals surface area contributed by atoms with Gasteiger partial charge in [0.2, 0.25) is 5.75 Å². The van der Waals surface area contributed by atoms with E-state index < -0.39 is 6.04 Å². The molecule has 7 nitrogen and oxygen atoms in total. The van der Waals surface area contributed by atoms with E-state index in [-0.39, 0.29) is 0 Å². The Morgan fingerprint density at radius 2 is 1.81 bits per heavy atom. The predicted molar refractivity (Wildman–Crippen MR) is 80.8 cm³/mol. The molecule has 1 aromatic heterocycles. The molecule has 1 heterocycles. The zero-order valence-corrected chi connectivity index (χ0v) is 13.8. The molecule has 2 N–H and O–H groups in total. The van der Waals surface area contributed by atoms with Gasteiger partial charge in [0.15, 0.2) is 16.1 Å². The summed E-state index contributed by atoms with van der Waals surface area (Å²) in [5.74, 6) is 1.60. The first kappa shape index (κ1) is 15.6. The van der Waals surface area contributed by atoms with Crippen molar-refractivity contribution in [2.75, 3.05) is 21.3 Å². The average molecular weight is 357 g/mol. The van der Waals surface area contributed by atoms with Gasteiger partial charge in [-0.15, -0.1) is 5.10 Å². The minimum atomic E-state index is -0.478. The van der Waals surface area contributed by atoms with Crippen molar-refractivity contribution in [1.82, 2.24) is 15.0 Å². The summed E-state index contributed by atoms with van der Waals surface area (Å²) in [5, 5.41) is 7.88. The van der Waals surface area contributed by atoms with Gasteiger partial charge < -0.3 is 19.9 Å². The fraction of sp³-hybridized carbons (Fsp3) is 0.385. The molecule has 0 spiro atoms. The molecule has 0 radical (unpaired) electrons. The molecule has 0 saturated heterocycles. The summed E-state index contributed by atoms with van der Waals surface area (Å²) in [6, 6.07) is 3.15. The summed E-state index contributed by atoms with van der Waals surface area (Å²) in [4.78, 5) is 0. The van der Waals surface area contributed by atoms with Gasteiger partial charge in [-0.1, -0.05) is 5.21 Å². The SMILES string of the molecule is COc1ccc(C(N)c2c(Br)nnn2C)c(OC)c1OC. The van der Waals surface area contributed by atoms with Crippen molar-refractivity contribution < 1.29 is 14.2 Å². The van der Waals surface area contributed by atoms with Crippen LogP contribution in [0.4, 0.5) is 0 Å². The van der Waals surface area contributed by atoms with Gasteiger partial charge in [-0.25, -0.2) is 4.68 Å². The van der Waals surface area contributed by atoms with E-state index >= 15 is 0 Å². The Morgan fingerprint density at radius 1 is 1.14 bits per heavy atom. The number of halogens is 1. The van der Waals surface area contributed by atoms with E-state index in [2.05, 4.69) is 26.2 Å². The first-order valence-corrected chi connectivity index (χ1v) is 6.93. The van der Waals surface area contributed by atoms with Crippen LogP contribution in [-0.4, -0.2) is 36.3 Å². The van der Waals surface area contributed by atoms with E-state index in [1.54, 1.807) is 39.1 Å². The maximum Gasteiger partial charge on any atom is 0.203 e. The Bertz CT molecular complexity index is 625. The van der Waals surface area contributed by atoms with Crippen LogP contribution in [0.3, 0.4) is 0 Å². The molecule has 1 atom stereocenters. The van der Waals surface area contributed by atoms with Crippen molar-refractivity contribution in [3.05, 3.63) is 28.0 Å². The highest BCUT2D eigenvalue weighted by Gasteiger charge is 2.25. The van der Waals surface area contributed by atoms with Crippen LogP contribution >= 0.6 is 15.9 Å². The maximum atomic E-state index is 6.35. The number of hydrogen-bond donors (Lipinski definition) is 1. The highest BCUT2D eigenvalue weighted by molar-refractivity contribution is 9.10. The Kier molecular flexibility index (Phi) is 4.69. The number of nitrogens with zero attached hydrogens (tertiary/aromatic N) is 3. The van der Waals surface area contributed by atoms with Crippen molar-refractivity contribution in [3.63, 3.8) is 0 Å². The van der Waals surface area contributed by atoms with Crippen LogP contribution < -0.4 is 19.9 Å². The molecule has 0 saturated carbocycles. The van der Waals surface area contributed by atoms with Gasteiger partial charge in [-0.2, -0.15) is 0 Å². The van der Waals surface area contributed by atoms with E-state index in [0.29, 0.717) is 21.9 Å². The van der Waals surface area contributed by atoms with Gasteiger partial charge in [0.05, 0.1) is 33.1 Å². The highest BCUT2D eigenvalue weighted by atomic mass is 79.9. The second-order valence-electron chi connectivity index (χ2n) is 4.29. The van der Waals surface area contributed by atoms with Crippen LogP contribution in [0, 0.1) is 0 Å². The zero-order chi connectivity index (χ0) is 15.6. The lowest BCUT2D eigenvalue weighted by atomic mass is 10.0. The van der Waals surface area contributed by atoms with Crippen molar-refractivity contribution in [2.45, 2.75) is 6.04 Å². The minimum Gasteiger partial charge on any atom is -0.493 e. The first-order valence-electron chi connectivity index (χ1n) is 6.14. The number of rotatable bonds is 5. The number of ether oxygens (including phenoxy) is 3. The maximum absolute atomic E-state index is 6.35. The van der Waals surface area contributed by atoms with Crippen LogP contribution in [0.1, 0.15) is 17.3 Å². The summed E-state index contributed by atoms with van der Waals surface area (Å²) >= 11 is 3.35. The second kappa shape index (κ2) is 6.31. The van der Waals surface area contributed by atoms with Crippen LogP contribution in [-0.2, 0) is 7.05 Å². The van der Waals surface area contributed by atoms with Crippen LogP contribution in [0.15, 0.2) is 16.7 Å². The molecule has 0 fully saturated rings. The lowest BCUT2D eigenvalue weighted by Crippen LogP contribution is -2.17. The third-order valence-corrected chi connectivity index (χ3v) is 3.76. The summed E-state index contributed by atoms with van der Waals surface area (Å²) in [6.45, 7) is 0. The van der Waals surface area contributed by atoms with Gasteiger partial charge in [0.25, 0.3) is 0 Å². The van der Waals surface area contributed by atoms with Gasteiger partial charge >= 0.3 is 0 Å². The molecule has 0 aliphatic rings. The van der Waals surface area contributed by atoms with Gasteiger partial charge in [-0.3, -0.25) is 0 Å². The molecule has 0 aliphatic heterocycles. The van der Waals surface area contributed by atoms with Crippen LogP contribution in [0.2, 0.25) is 0 Å². The van der Waals surface area contributed by atoms with E-state index in [4.69, 9.17) is 19.9 Å². The van der Waals surface area contributed by atoms with E-state index in [1.165, 1.54) is 0 Å². The molecule has 2 aromatic rings. The van der Waals surface area contributed by atoms with Gasteiger partial charge in [-0.05, 0) is 28.1 Å². The number of hydrogen-bond acceptors (Lipinski definition) is 6. The third-order valence-electron chi connectivity index (χ3n) is 3.19. The van der Waals surface area contributed by atoms with Crippen molar-refractivity contribution in [1.29, 1.82) is 0 Å². The molecule has 1 aromatic carbocycles. The standard InChI is InChI=1S/C13H17BrN4O3/c1-18-10(13(14)16-17-18)9(15)7-5-6-8(19-2)12(21-4)11(7)20-3/h5-6,9H,15H2,1-4H3. The predicted octanol–water partition coefficient (Wildman–Crippen LogP) is 1.65. The number of benzene rings is 1. The number of aromatic nitrogens is 3. The molecule has 0 amide bonds. The summed E-state index contributed by atoms with van der Waals surface area (Å²) in [6.07, 6.45) is 0. The largest absolute Gasteiger partial charge is 0.493 e.